The molecule has 2 atom stereocenters. The van der Waals surface area contributed by atoms with Crippen molar-refractivity contribution < 1.29 is 19.1 Å². The highest BCUT2D eigenvalue weighted by Crippen LogP contribution is 2.16. The van der Waals surface area contributed by atoms with E-state index in [9.17, 15) is 9.59 Å². The summed E-state index contributed by atoms with van der Waals surface area (Å²) in [5, 5.41) is 2.96. The maximum absolute atomic E-state index is 11.9. The highest BCUT2D eigenvalue weighted by molar-refractivity contribution is 5.69. The van der Waals surface area contributed by atoms with Crippen LogP contribution in [0.3, 0.4) is 0 Å². The van der Waals surface area contributed by atoms with E-state index in [1.165, 1.54) is 0 Å². The third-order valence-corrected chi connectivity index (χ3v) is 3.48. The number of alkyl carbamates (subject to hydrolysis) is 1. The first-order valence-electron chi connectivity index (χ1n) is 8.34. The molecule has 0 aromatic carbocycles. The van der Waals surface area contributed by atoms with Gasteiger partial charge in [-0.2, -0.15) is 0 Å². The fourth-order valence-electron chi connectivity index (χ4n) is 2.11. The molecule has 22 heavy (non-hydrogen) atoms. The molecule has 0 bridgehead atoms. The zero-order valence-corrected chi connectivity index (χ0v) is 15.0. The van der Waals surface area contributed by atoms with Crippen LogP contribution in [0.2, 0.25) is 0 Å². The number of carbonyl (C=O) groups excluding carboxylic acids is 2. The lowest BCUT2D eigenvalue weighted by Crippen LogP contribution is -2.42. The van der Waals surface area contributed by atoms with Gasteiger partial charge in [-0.1, -0.05) is 26.7 Å². The van der Waals surface area contributed by atoms with Gasteiger partial charge in [0.15, 0.2) is 0 Å². The quantitative estimate of drug-likeness (QED) is 0.515. The molecule has 0 saturated carbocycles. The highest BCUT2D eigenvalue weighted by atomic mass is 16.6. The molecule has 0 spiro atoms. The number of rotatable bonds is 9. The topological polar surface area (TPSA) is 64.6 Å². The maximum Gasteiger partial charge on any atom is 0.407 e. The van der Waals surface area contributed by atoms with Crippen LogP contribution in [0, 0.1) is 5.92 Å². The molecule has 0 radical (unpaired) electrons. The van der Waals surface area contributed by atoms with Gasteiger partial charge in [0.05, 0.1) is 6.61 Å². The van der Waals surface area contributed by atoms with E-state index < -0.39 is 5.60 Å². The molecule has 0 aromatic heterocycles. The first kappa shape index (κ1) is 20.7. The van der Waals surface area contributed by atoms with Crippen LogP contribution in [-0.2, 0) is 14.3 Å². The number of carbonyl (C=O) groups is 2. The van der Waals surface area contributed by atoms with Crippen LogP contribution in [0.4, 0.5) is 4.79 Å². The van der Waals surface area contributed by atoms with Gasteiger partial charge in [-0.05, 0) is 46.5 Å². The third-order valence-electron chi connectivity index (χ3n) is 3.48. The lowest BCUT2D eigenvalue weighted by Gasteiger charge is -2.27. The summed E-state index contributed by atoms with van der Waals surface area (Å²) in [6, 6.07) is 0.0713. The Bertz CT molecular complexity index is 336. The van der Waals surface area contributed by atoms with E-state index in [-0.39, 0.29) is 18.1 Å². The molecule has 1 amide bonds. The molecule has 0 aliphatic rings. The van der Waals surface area contributed by atoms with E-state index in [1.54, 1.807) is 0 Å². The average molecular weight is 315 g/mol. The Morgan fingerprint density at radius 3 is 2.27 bits per heavy atom. The largest absolute Gasteiger partial charge is 0.466 e. The van der Waals surface area contributed by atoms with Crippen molar-refractivity contribution in [1.82, 2.24) is 5.32 Å². The summed E-state index contributed by atoms with van der Waals surface area (Å²) < 4.78 is 10.2. The Hall–Kier alpha value is -1.26. The minimum Gasteiger partial charge on any atom is -0.466 e. The SMILES string of the molecule is CCOC(=O)CCCC[C@@H](NC(=O)OC(C)(C)C)C(C)CC. The van der Waals surface area contributed by atoms with Gasteiger partial charge in [0.25, 0.3) is 0 Å². The molecule has 130 valence electrons. The van der Waals surface area contributed by atoms with E-state index in [0.717, 1.165) is 25.7 Å². The normalized spacial score (nSPS) is 14.1. The Kier molecular flexibility index (Phi) is 9.86. The Balaban J connectivity index is 4.24. The number of unbranched alkanes of at least 4 members (excludes halogenated alkanes) is 1. The van der Waals surface area contributed by atoms with Crippen molar-refractivity contribution in [1.29, 1.82) is 0 Å². The van der Waals surface area contributed by atoms with E-state index in [4.69, 9.17) is 9.47 Å². The van der Waals surface area contributed by atoms with Gasteiger partial charge in [0, 0.05) is 12.5 Å². The minimum absolute atomic E-state index is 0.0713. The molecule has 0 aliphatic heterocycles. The van der Waals surface area contributed by atoms with Gasteiger partial charge in [-0.25, -0.2) is 4.79 Å². The fraction of sp³-hybridized carbons (Fsp3) is 0.882. The van der Waals surface area contributed by atoms with E-state index in [0.29, 0.717) is 18.9 Å². The summed E-state index contributed by atoms with van der Waals surface area (Å²) in [4.78, 5) is 23.2. The van der Waals surface area contributed by atoms with Gasteiger partial charge in [-0.15, -0.1) is 0 Å². The summed E-state index contributed by atoms with van der Waals surface area (Å²) in [5.41, 5.74) is -0.492. The number of esters is 1. The molecule has 0 heterocycles. The van der Waals surface area contributed by atoms with E-state index in [2.05, 4.69) is 19.2 Å². The van der Waals surface area contributed by atoms with E-state index >= 15 is 0 Å². The second kappa shape index (κ2) is 10.5. The predicted octanol–water partition coefficient (Wildman–Crippen LogP) is 4.05. The van der Waals surface area contributed by atoms with Crippen LogP contribution in [0.15, 0.2) is 0 Å². The average Bonchev–Trinajstić information content (AvgIpc) is 2.39. The van der Waals surface area contributed by atoms with Crippen molar-refractivity contribution >= 4 is 12.1 Å². The van der Waals surface area contributed by atoms with Crippen molar-refractivity contribution in [3.05, 3.63) is 0 Å². The van der Waals surface area contributed by atoms with Gasteiger partial charge in [-0.3, -0.25) is 4.79 Å². The molecule has 5 heteroatoms. The Morgan fingerprint density at radius 2 is 1.77 bits per heavy atom. The summed E-state index contributed by atoms with van der Waals surface area (Å²) in [6.07, 6.45) is 3.55. The second-order valence-electron chi connectivity index (χ2n) is 6.69. The van der Waals surface area contributed by atoms with Gasteiger partial charge in [0.1, 0.15) is 5.60 Å². The molecule has 1 unspecified atom stereocenters. The predicted molar refractivity (Wildman–Crippen MR) is 87.7 cm³/mol. The number of ether oxygens (including phenoxy) is 2. The summed E-state index contributed by atoms with van der Waals surface area (Å²) in [6.45, 7) is 12.0. The first-order valence-corrected chi connectivity index (χ1v) is 8.34. The maximum atomic E-state index is 11.9. The molecular weight excluding hydrogens is 282 g/mol. The van der Waals surface area contributed by atoms with Crippen molar-refractivity contribution in [3.63, 3.8) is 0 Å². The van der Waals surface area contributed by atoms with Crippen molar-refractivity contribution in [2.45, 2.75) is 85.3 Å². The Morgan fingerprint density at radius 1 is 1.14 bits per heavy atom. The van der Waals surface area contributed by atoms with E-state index in [1.807, 2.05) is 27.7 Å². The summed E-state index contributed by atoms with van der Waals surface area (Å²) in [5.74, 6) is 0.220. The van der Waals surface area contributed by atoms with Crippen LogP contribution in [0.1, 0.15) is 73.6 Å². The number of nitrogens with one attached hydrogen (secondary N) is 1. The molecule has 0 aliphatic carbocycles. The number of hydrogen-bond donors (Lipinski definition) is 1. The number of amides is 1. The molecule has 5 nitrogen and oxygen atoms in total. The molecule has 0 aromatic rings. The fourth-order valence-corrected chi connectivity index (χ4v) is 2.11. The second-order valence-corrected chi connectivity index (χ2v) is 6.69. The molecule has 0 rings (SSSR count). The molecule has 1 N–H and O–H groups in total. The smallest absolute Gasteiger partial charge is 0.407 e. The third kappa shape index (κ3) is 10.5. The first-order chi connectivity index (χ1) is 10.2. The zero-order valence-electron chi connectivity index (χ0n) is 15.0. The van der Waals surface area contributed by atoms with Crippen LogP contribution < -0.4 is 5.32 Å². The molecule has 0 fully saturated rings. The summed E-state index contributed by atoms with van der Waals surface area (Å²) >= 11 is 0. The zero-order chi connectivity index (χ0) is 17.2. The van der Waals surface area contributed by atoms with Crippen LogP contribution in [-0.4, -0.2) is 30.3 Å². The van der Waals surface area contributed by atoms with Crippen molar-refractivity contribution in [2.75, 3.05) is 6.61 Å². The molecular formula is C17H33NO4. The number of hydrogen-bond acceptors (Lipinski definition) is 4. The van der Waals surface area contributed by atoms with Gasteiger partial charge < -0.3 is 14.8 Å². The van der Waals surface area contributed by atoms with Crippen molar-refractivity contribution in [2.24, 2.45) is 5.92 Å². The Labute approximate surface area is 135 Å². The summed E-state index contributed by atoms with van der Waals surface area (Å²) in [7, 11) is 0. The van der Waals surface area contributed by atoms with Gasteiger partial charge in [0.2, 0.25) is 0 Å². The van der Waals surface area contributed by atoms with Crippen molar-refractivity contribution in [3.8, 4) is 0 Å². The minimum atomic E-state index is -0.492. The highest BCUT2D eigenvalue weighted by Gasteiger charge is 2.22. The lowest BCUT2D eigenvalue weighted by atomic mass is 9.94. The van der Waals surface area contributed by atoms with Crippen LogP contribution in [0.5, 0.6) is 0 Å². The molecule has 0 saturated heterocycles. The standard InChI is InChI=1S/C17H33NO4/c1-7-13(3)14(18-16(20)22-17(4,5)6)11-9-10-12-15(19)21-8-2/h13-14H,7-12H2,1-6H3,(H,18,20)/t13?,14-/m1/s1. The monoisotopic (exact) mass is 315 g/mol. The van der Waals surface area contributed by atoms with Crippen LogP contribution >= 0.6 is 0 Å². The van der Waals surface area contributed by atoms with Gasteiger partial charge >= 0.3 is 12.1 Å². The van der Waals surface area contributed by atoms with Crippen LogP contribution in [0.25, 0.3) is 0 Å². The lowest BCUT2D eigenvalue weighted by molar-refractivity contribution is -0.143.